The monoisotopic (exact) mass is 492 g/mol. The van der Waals surface area contributed by atoms with Gasteiger partial charge in [-0.15, -0.1) is 0 Å². The molecule has 1 aliphatic heterocycles. The predicted molar refractivity (Wildman–Crippen MR) is 128 cm³/mol. The topological polar surface area (TPSA) is 78.4 Å². The van der Waals surface area contributed by atoms with E-state index in [-0.39, 0.29) is 16.0 Å². The Bertz CT molecular complexity index is 1080. The van der Waals surface area contributed by atoms with Gasteiger partial charge in [0.2, 0.25) is 6.41 Å². The first kappa shape index (κ1) is 24.0. The molecule has 4 rings (SSSR count). The van der Waals surface area contributed by atoms with Crippen LogP contribution in [0.4, 0.5) is 10.1 Å². The molecule has 2 aromatic rings. The molecular formula is C25H27Cl2FN2O3. The van der Waals surface area contributed by atoms with E-state index in [2.05, 4.69) is 24.5 Å². The van der Waals surface area contributed by atoms with Gasteiger partial charge in [0.05, 0.1) is 5.02 Å². The van der Waals surface area contributed by atoms with Gasteiger partial charge in [0.25, 0.3) is 0 Å². The minimum atomic E-state index is -1.05. The largest absolute Gasteiger partial charge is 0.480 e. The highest BCUT2D eigenvalue weighted by Crippen LogP contribution is 2.58. The summed E-state index contributed by atoms with van der Waals surface area (Å²) in [7, 11) is 0. The lowest BCUT2D eigenvalue weighted by Gasteiger charge is -2.46. The zero-order valence-electron chi connectivity index (χ0n) is 18.5. The van der Waals surface area contributed by atoms with Crippen LogP contribution in [0.25, 0.3) is 0 Å². The molecule has 1 saturated heterocycles. The van der Waals surface area contributed by atoms with Crippen LogP contribution in [0.1, 0.15) is 62.5 Å². The average molecular weight is 493 g/mol. The van der Waals surface area contributed by atoms with E-state index in [1.54, 1.807) is 24.3 Å². The highest BCUT2D eigenvalue weighted by atomic mass is 35.5. The Morgan fingerprint density at radius 3 is 2.48 bits per heavy atom. The zero-order valence-corrected chi connectivity index (χ0v) is 20.0. The summed E-state index contributed by atoms with van der Waals surface area (Å²) >= 11 is 12.3. The van der Waals surface area contributed by atoms with Crippen molar-refractivity contribution >= 4 is 41.3 Å². The molecule has 1 unspecified atom stereocenters. The van der Waals surface area contributed by atoms with Crippen molar-refractivity contribution in [3.05, 3.63) is 63.4 Å². The molecule has 1 heterocycles. The van der Waals surface area contributed by atoms with Crippen molar-refractivity contribution in [2.24, 2.45) is 5.41 Å². The van der Waals surface area contributed by atoms with Gasteiger partial charge in [-0.1, -0.05) is 55.2 Å². The van der Waals surface area contributed by atoms with E-state index in [1.807, 2.05) is 6.07 Å². The number of carboxylic acids is 1. The third-order valence-corrected chi connectivity index (χ3v) is 7.95. The summed E-state index contributed by atoms with van der Waals surface area (Å²) in [5.74, 6) is -2.84. The predicted octanol–water partition coefficient (Wildman–Crippen LogP) is 5.96. The number of amides is 1. The van der Waals surface area contributed by atoms with Crippen molar-refractivity contribution in [1.82, 2.24) is 5.32 Å². The lowest BCUT2D eigenvalue weighted by atomic mass is 9.61. The van der Waals surface area contributed by atoms with Gasteiger partial charge in [-0.3, -0.25) is 14.9 Å². The van der Waals surface area contributed by atoms with Crippen molar-refractivity contribution in [3.63, 3.8) is 0 Å². The summed E-state index contributed by atoms with van der Waals surface area (Å²) in [6.07, 6.45) is 3.78. The van der Waals surface area contributed by atoms with Crippen LogP contribution in [0.5, 0.6) is 0 Å². The smallest absolute Gasteiger partial charge is 0.321 e. The Morgan fingerprint density at radius 2 is 1.85 bits per heavy atom. The van der Waals surface area contributed by atoms with Crippen LogP contribution < -0.4 is 10.6 Å². The Morgan fingerprint density at radius 1 is 1.15 bits per heavy atom. The maximum atomic E-state index is 15.3. The van der Waals surface area contributed by atoms with Crippen molar-refractivity contribution in [3.8, 4) is 0 Å². The van der Waals surface area contributed by atoms with Crippen LogP contribution in [-0.4, -0.2) is 29.1 Å². The third kappa shape index (κ3) is 4.36. The molecule has 2 aliphatic rings. The molecule has 33 heavy (non-hydrogen) atoms. The van der Waals surface area contributed by atoms with Crippen LogP contribution in [0.15, 0.2) is 36.4 Å². The molecule has 5 nitrogen and oxygen atoms in total. The first-order valence-corrected chi connectivity index (χ1v) is 11.8. The number of carbonyl (C=O) groups excluding carboxylic acids is 1. The van der Waals surface area contributed by atoms with E-state index in [0.717, 1.165) is 31.2 Å². The van der Waals surface area contributed by atoms with Gasteiger partial charge in [0.1, 0.15) is 11.9 Å². The third-order valence-electron chi connectivity index (χ3n) is 7.42. The molecule has 8 heteroatoms. The Kier molecular flexibility index (Phi) is 6.47. The van der Waals surface area contributed by atoms with Crippen molar-refractivity contribution in [2.45, 2.75) is 62.9 Å². The van der Waals surface area contributed by atoms with Gasteiger partial charge in [-0.05, 0) is 60.4 Å². The van der Waals surface area contributed by atoms with E-state index in [4.69, 9.17) is 23.2 Å². The molecule has 2 aromatic carbocycles. The number of hydrogen-bond acceptors (Lipinski definition) is 3. The summed E-state index contributed by atoms with van der Waals surface area (Å²) in [4.78, 5) is 23.9. The standard InChI is InChI=1S/C25H27Cl2FN2O3/c1-24(2)8-10-25(11-9-24)20(15-7-6-14(26)12-18(15)29-13-31)19(22(30-25)23(32)33)16-4-3-5-17(27)21(16)28/h3-7,12-13,19-20,22,30H,8-11H2,1-2H3,(H,29,31)(H,32,33)/t19-,20?,22-/m1/s1. The van der Waals surface area contributed by atoms with Gasteiger partial charge >= 0.3 is 5.97 Å². The molecule has 0 radical (unpaired) electrons. The van der Waals surface area contributed by atoms with Crippen LogP contribution in [0.3, 0.4) is 0 Å². The fourth-order valence-corrected chi connectivity index (χ4v) is 6.04. The number of benzene rings is 2. The van der Waals surface area contributed by atoms with E-state index >= 15 is 4.39 Å². The molecule has 1 aliphatic carbocycles. The zero-order chi connectivity index (χ0) is 24.0. The van der Waals surface area contributed by atoms with Crippen LogP contribution in [-0.2, 0) is 9.59 Å². The molecule has 0 bridgehead atoms. The first-order valence-electron chi connectivity index (χ1n) is 11.0. The highest BCUT2D eigenvalue weighted by Gasteiger charge is 2.58. The highest BCUT2D eigenvalue weighted by molar-refractivity contribution is 6.31. The second-order valence-electron chi connectivity index (χ2n) is 9.92. The second kappa shape index (κ2) is 8.90. The van der Waals surface area contributed by atoms with Crippen molar-refractivity contribution in [2.75, 3.05) is 5.32 Å². The van der Waals surface area contributed by atoms with E-state index in [0.29, 0.717) is 17.1 Å². The number of aliphatic carboxylic acids is 1. The molecule has 2 fully saturated rings. The molecule has 1 saturated carbocycles. The maximum absolute atomic E-state index is 15.3. The van der Waals surface area contributed by atoms with Gasteiger partial charge in [0, 0.05) is 28.1 Å². The lowest BCUT2D eigenvalue weighted by Crippen LogP contribution is -2.51. The summed E-state index contributed by atoms with van der Waals surface area (Å²) in [6, 6.07) is 8.83. The Labute approximate surface area is 202 Å². The number of anilines is 1. The minimum absolute atomic E-state index is 0.0523. The summed E-state index contributed by atoms with van der Waals surface area (Å²) in [5, 5.41) is 16.7. The number of carboxylic acid groups (broad SMARTS) is 1. The maximum Gasteiger partial charge on any atom is 0.321 e. The molecule has 1 amide bonds. The van der Waals surface area contributed by atoms with Crippen LogP contribution >= 0.6 is 23.2 Å². The molecule has 3 N–H and O–H groups in total. The fourth-order valence-electron chi connectivity index (χ4n) is 5.69. The molecule has 3 atom stereocenters. The molecule has 1 spiro atoms. The van der Waals surface area contributed by atoms with Gasteiger partial charge < -0.3 is 10.4 Å². The van der Waals surface area contributed by atoms with Gasteiger partial charge in [0.15, 0.2) is 0 Å². The Hall–Kier alpha value is -2.15. The molecule has 176 valence electrons. The SMILES string of the molecule is CC1(C)CCC2(CC1)N[C@@H](C(=O)O)[C@H](c1cccc(Cl)c1F)C2c1ccc(Cl)cc1NC=O. The number of nitrogens with one attached hydrogen (secondary N) is 2. The fraction of sp³-hybridized carbons (Fsp3) is 0.440. The van der Waals surface area contributed by atoms with E-state index in [9.17, 15) is 14.7 Å². The minimum Gasteiger partial charge on any atom is -0.480 e. The Balaban J connectivity index is 1.95. The van der Waals surface area contributed by atoms with Crippen molar-refractivity contribution < 1.29 is 19.1 Å². The second-order valence-corrected chi connectivity index (χ2v) is 10.8. The molecule has 0 aromatic heterocycles. The average Bonchev–Trinajstić information content (AvgIpc) is 3.08. The first-order chi connectivity index (χ1) is 15.6. The summed E-state index contributed by atoms with van der Waals surface area (Å²) in [5.41, 5.74) is 1.00. The van der Waals surface area contributed by atoms with Crippen LogP contribution in [0.2, 0.25) is 10.0 Å². The normalized spacial score (nSPS) is 25.7. The van der Waals surface area contributed by atoms with E-state index < -0.39 is 35.2 Å². The van der Waals surface area contributed by atoms with Gasteiger partial charge in [-0.25, -0.2) is 4.39 Å². The molecular weight excluding hydrogens is 466 g/mol. The number of hydrogen-bond donors (Lipinski definition) is 3. The summed E-state index contributed by atoms with van der Waals surface area (Å²) in [6.45, 7) is 4.41. The van der Waals surface area contributed by atoms with Crippen molar-refractivity contribution in [1.29, 1.82) is 0 Å². The lowest BCUT2D eigenvalue weighted by molar-refractivity contribution is -0.139. The number of rotatable bonds is 5. The summed E-state index contributed by atoms with van der Waals surface area (Å²) < 4.78 is 15.3. The van der Waals surface area contributed by atoms with Gasteiger partial charge in [-0.2, -0.15) is 0 Å². The number of carbonyl (C=O) groups is 2. The van der Waals surface area contributed by atoms with E-state index in [1.165, 1.54) is 6.07 Å². The van der Waals surface area contributed by atoms with Crippen LogP contribution in [0, 0.1) is 11.2 Å². The quantitative estimate of drug-likeness (QED) is 0.449. The number of halogens is 3.